The SMILES string of the molecule is Cc1ccc(NC(=O)n2ncc3cc(Cl)ccc32)c(C)c1. The highest BCUT2D eigenvalue weighted by Crippen LogP contribution is 2.20. The largest absolute Gasteiger partial charge is 0.347 e. The second kappa shape index (κ2) is 5.22. The number of carbonyl (C=O) groups excluding carboxylic acids is 1. The van der Waals surface area contributed by atoms with E-state index in [1.807, 2.05) is 32.0 Å². The molecule has 1 aromatic heterocycles. The van der Waals surface area contributed by atoms with Crippen molar-refractivity contribution in [1.29, 1.82) is 0 Å². The van der Waals surface area contributed by atoms with Crippen molar-refractivity contribution in [2.45, 2.75) is 13.8 Å². The number of rotatable bonds is 1. The average molecular weight is 300 g/mol. The molecule has 0 aliphatic carbocycles. The van der Waals surface area contributed by atoms with Gasteiger partial charge in [0.1, 0.15) is 0 Å². The molecule has 0 aliphatic heterocycles. The topological polar surface area (TPSA) is 46.9 Å². The Morgan fingerprint density at radius 2 is 2.00 bits per heavy atom. The molecule has 1 amide bonds. The second-order valence-electron chi connectivity index (χ2n) is 5.01. The highest BCUT2D eigenvalue weighted by atomic mass is 35.5. The Kier molecular flexibility index (Phi) is 3.39. The minimum Gasteiger partial charge on any atom is -0.306 e. The average Bonchev–Trinajstić information content (AvgIpc) is 2.84. The van der Waals surface area contributed by atoms with Gasteiger partial charge in [-0.3, -0.25) is 0 Å². The van der Waals surface area contributed by atoms with Crippen LogP contribution in [0.4, 0.5) is 10.5 Å². The zero-order chi connectivity index (χ0) is 15.0. The summed E-state index contributed by atoms with van der Waals surface area (Å²) in [6.07, 6.45) is 1.63. The smallest absolute Gasteiger partial charge is 0.306 e. The van der Waals surface area contributed by atoms with E-state index in [4.69, 9.17) is 11.6 Å². The Balaban J connectivity index is 1.94. The zero-order valence-electron chi connectivity index (χ0n) is 11.7. The first kappa shape index (κ1) is 13.6. The van der Waals surface area contributed by atoms with Gasteiger partial charge in [0, 0.05) is 16.1 Å². The molecule has 2 aromatic carbocycles. The molecule has 0 aliphatic rings. The number of nitrogens with zero attached hydrogens (tertiary/aromatic N) is 2. The van der Waals surface area contributed by atoms with Crippen LogP contribution in [0.3, 0.4) is 0 Å². The third-order valence-electron chi connectivity index (χ3n) is 3.35. The summed E-state index contributed by atoms with van der Waals surface area (Å²) >= 11 is 5.94. The van der Waals surface area contributed by atoms with Gasteiger partial charge in [-0.25, -0.2) is 4.79 Å². The molecule has 0 saturated carbocycles. The molecule has 0 bridgehead atoms. The van der Waals surface area contributed by atoms with Gasteiger partial charge in [-0.2, -0.15) is 9.78 Å². The number of hydrogen-bond donors (Lipinski definition) is 1. The van der Waals surface area contributed by atoms with Crippen molar-refractivity contribution in [3.8, 4) is 0 Å². The minimum atomic E-state index is -0.292. The number of anilines is 1. The van der Waals surface area contributed by atoms with E-state index in [9.17, 15) is 4.79 Å². The summed E-state index contributed by atoms with van der Waals surface area (Å²) in [5, 5.41) is 8.45. The molecular weight excluding hydrogens is 286 g/mol. The Labute approximate surface area is 127 Å². The van der Waals surface area contributed by atoms with Crippen molar-refractivity contribution in [2.24, 2.45) is 0 Å². The van der Waals surface area contributed by atoms with Gasteiger partial charge in [0.15, 0.2) is 0 Å². The Hall–Kier alpha value is -2.33. The van der Waals surface area contributed by atoms with Crippen molar-refractivity contribution in [3.63, 3.8) is 0 Å². The van der Waals surface area contributed by atoms with Gasteiger partial charge in [0.05, 0.1) is 11.7 Å². The summed E-state index contributed by atoms with van der Waals surface area (Å²) in [4.78, 5) is 12.4. The van der Waals surface area contributed by atoms with E-state index in [1.54, 1.807) is 24.4 Å². The third-order valence-corrected chi connectivity index (χ3v) is 3.58. The van der Waals surface area contributed by atoms with Gasteiger partial charge < -0.3 is 5.32 Å². The van der Waals surface area contributed by atoms with Crippen molar-refractivity contribution in [2.75, 3.05) is 5.32 Å². The normalized spacial score (nSPS) is 10.8. The van der Waals surface area contributed by atoms with Crippen LogP contribution in [-0.4, -0.2) is 15.8 Å². The maximum absolute atomic E-state index is 12.4. The fraction of sp³-hybridized carbons (Fsp3) is 0.125. The number of nitrogens with one attached hydrogen (secondary N) is 1. The molecule has 106 valence electrons. The molecule has 0 fully saturated rings. The molecule has 0 spiro atoms. The van der Waals surface area contributed by atoms with Crippen molar-refractivity contribution in [1.82, 2.24) is 9.78 Å². The molecule has 0 atom stereocenters. The fourth-order valence-corrected chi connectivity index (χ4v) is 2.47. The van der Waals surface area contributed by atoms with Crippen LogP contribution in [0.15, 0.2) is 42.6 Å². The summed E-state index contributed by atoms with van der Waals surface area (Å²) in [5.74, 6) is 0. The molecule has 1 N–H and O–H groups in total. The summed E-state index contributed by atoms with van der Waals surface area (Å²) in [7, 11) is 0. The lowest BCUT2D eigenvalue weighted by molar-refractivity contribution is 0.252. The first-order chi connectivity index (χ1) is 10.0. The predicted octanol–water partition coefficient (Wildman–Crippen LogP) is 4.39. The molecule has 0 radical (unpaired) electrons. The highest BCUT2D eigenvalue weighted by Gasteiger charge is 2.12. The summed E-state index contributed by atoms with van der Waals surface area (Å²) in [5.41, 5.74) is 3.68. The van der Waals surface area contributed by atoms with Gasteiger partial charge in [-0.05, 0) is 43.7 Å². The van der Waals surface area contributed by atoms with Crippen LogP contribution in [0.2, 0.25) is 5.02 Å². The maximum Gasteiger partial charge on any atom is 0.347 e. The molecule has 1 heterocycles. The lowest BCUT2D eigenvalue weighted by Crippen LogP contribution is -2.20. The van der Waals surface area contributed by atoms with E-state index >= 15 is 0 Å². The van der Waals surface area contributed by atoms with E-state index < -0.39 is 0 Å². The molecule has 0 saturated heterocycles. The van der Waals surface area contributed by atoms with E-state index in [-0.39, 0.29) is 6.03 Å². The first-order valence-corrected chi connectivity index (χ1v) is 6.94. The molecule has 3 aromatic rings. The summed E-state index contributed by atoms with van der Waals surface area (Å²) in [6, 6.07) is 10.9. The fourth-order valence-electron chi connectivity index (χ4n) is 2.29. The quantitative estimate of drug-likeness (QED) is 0.724. The zero-order valence-corrected chi connectivity index (χ0v) is 12.5. The summed E-state index contributed by atoms with van der Waals surface area (Å²) in [6.45, 7) is 3.98. The molecular formula is C16H14ClN3O. The Morgan fingerprint density at radius 1 is 1.19 bits per heavy atom. The van der Waals surface area contributed by atoms with Gasteiger partial charge in [0.2, 0.25) is 0 Å². The van der Waals surface area contributed by atoms with E-state index in [0.29, 0.717) is 5.02 Å². The number of amides is 1. The van der Waals surface area contributed by atoms with E-state index in [2.05, 4.69) is 10.4 Å². The molecule has 0 unspecified atom stereocenters. The molecule has 21 heavy (non-hydrogen) atoms. The number of aromatic nitrogens is 2. The van der Waals surface area contributed by atoms with Crippen molar-refractivity contribution in [3.05, 3.63) is 58.7 Å². The first-order valence-electron chi connectivity index (χ1n) is 6.56. The maximum atomic E-state index is 12.4. The van der Waals surface area contributed by atoms with Crippen LogP contribution >= 0.6 is 11.6 Å². The molecule has 4 nitrogen and oxygen atoms in total. The number of benzene rings is 2. The Morgan fingerprint density at radius 3 is 2.76 bits per heavy atom. The monoisotopic (exact) mass is 299 g/mol. The van der Waals surface area contributed by atoms with Crippen LogP contribution in [0.5, 0.6) is 0 Å². The van der Waals surface area contributed by atoms with Crippen molar-refractivity contribution >= 4 is 34.2 Å². The number of aryl methyl sites for hydroxylation is 2. The number of carbonyl (C=O) groups is 1. The highest BCUT2D eigenvalue weighted by molar-refractivity contribution is 6.31. The van der Waals surface area contributed by atoms with Gasteiger partial charge >= 0.3 is 6.03 Å². The predicted molar refractivity (Wildman–Crippen MR) is 85.1 cm³/mol. The molecule has 5 heteroatoms. The van der Waals surface area contributed by atoms with Crippen LogP contribution in [0.1, 0.15) is 11.1 Å². The number of halogens is 1. The van der Waals surface area contributed by atoms with E-state index in [0.717, 1.165) is 27.7 Å². The Bertz CT molecular complexity index is 839. The summed E-state index contributed by atoms with van der Waals surface area (Å²) < 4.78 is 1.34. The lowest BCUT2D eigenvalue weighted by Gasteiger charge is -2.09. The van der Waals surface area contributed by atoms with Crippen LogP contribution in [-0.2, 0) is 0 Å². The number of hydrogen-bond acceptors (Lipinski definition) is 2. The third kappa shape index (κ3) is 2.62. The van der Waals surface area contributed by atoms with Gasteiger partial charge in [-0.1, -0.05) is 29.3 Å². The van der Waals surface area contributed by atoms with Crippen LogP contribution < -0.4 is 5.32 Å². The van der Waals surface area contributed by atoms with Crippen LogP contribution in [0.25, 0.3) is 10.9 Å². The second-order valence-corrected chi connectivity index (χ2v) is 5.44. The minimum absolute atomic E-state index is 0.292. The molecule has 3 rings (SSSR count). The van der Waals surface area contributed by atoms with E-state index in [1.165, 1.54) is 4.68 Å². The van der Waals surface area contributed by atoms with Gasteiger partial charge in [0.25, 0.3) is 0 Å². The lowest BCUT2D eigenvalue weighted by atomic mass is 10.1. The number of fused-ring (bicyclic) bond motifs is 1. The standard InChI is InChI=1S/C16H14ClN3O/c1-10-3-5-14(11(2)7-10)19-16(21)20-15-6-4-13(17)8-12(15)9-18-20/h3-9H,1-2H3,(H,19,21). The van der Waals surface area contributed by atoms with Gasteiger partial charge in [-0.15, -0.1) is 0 Å². The van der Waals surface area contributed by atoms with Crippen molar-refractivity contribution < 1.29 is 4.79 Å². The van der Waals surface area contributed by atoms with Crippen LogP contribution in [0, 0.1) is 13.8 Å².